The predicted octanol–water partition coefficient (Wildman–Crippen LogP) is 2.69. The Labute approximate surface area is 110 Å². The highest BCUT2D eigenvalue weighted by Gasteiger charge is 2.13. The standard InChI is InChI=1S/C13H20O2S2/c1-2-3-9-17(15)11-13(10-14)16-12-7-5-4-6-8-12/h4-8,13-14H,2-3,9-11H2,1H3/t13-,17-/m1/s1. The maximum absolute atomic E-state index is 11.7. The molecule has 4 heteroatoms. The zero-order chi connectivity index (χ0) is 12.5. The number of aliphatic hydroxyl groups excluding tert-OH is 1. The third-order valence-electron chi connectivity index (χ3n) is 2.35. The van der Waals surface area contributed by atoms with Gasteiger partial charge in [-0.2, -0.15) is 0 Å². The van der Waals surface area contributed by atoms with Crippen molar-refractivity contribution in [2.75, 3.05) is 18.1 Å². The molecule has 0 aliphatic heterocycles. The van der Waals surface area contributed by atoms with E-state index in [0.29, 0.717) is 5.75 Å². The highest BCUT2D eigenvalue weighted by atomic mass is 32.2. The van der Waals surface area contributed by atoms with E-state index >= 15 is 0 Å². The first kappa shape index (κ1) is 14.7. The fourth-order valence-corrected chi connectivity index (χ4v) is 4.21. The molecule has 0 aliphatic rings. The summed E-state index contributed by atoms with van der Waals surface area (Å²) in [6.07, 6.45) is 2.07. The fraction of sp³-hybridized carbons (Fsp3) is 0.538. The Balaban J connectivity index is 2.41. The zero-order valence-corrected chi connectivity index (χ0v) is 11.8. The van der Waals surface area contributed by atoms with Gasteiger partial charge in [0.25, 0.3) is 0 Å². The number of hydrogen-bond donors (Lipinski definition) is 1. The van der Waals surface area contributed by atoms with Crippen molar-refractivity contribution in [3.05, 3.63) is 30.3 Å². The molecule has 0 aromatic heterocycles. The van der Waals surface area contributed by atoms with E-state index in [1.165, 1.54) is 0 Å². The van der Waals surface area contributed by atoms with E-state index < -0.39 is 10.8 Å². The second-order valence-corrected chi connectivity index (χ2v) is 6.89. The number of aliphatic hydroxyl groups is 1. The minimum atomic E-state index is -0.804. The van der Waals surface area contributed by atoms with Crippen LogP contribution in [-0.2, 0) is 10.8 Å². The Morgan fingerprint density at radius 3 is 2.65 bits per heavy atom. The maximum Gasteiger partial charge on any atom is 0.0562 e. The summed E-state index contributed by atoms with van der Waals surface area (Å²) in [5.41, 5.74) is 0. The predicted molar refractivity (Wildman–Crippen MR) is 76.0 cm³/mol. The van der Waals surface area contributed by atoms with E-state index in [0.717, 1.165) is 23.5 Å². The Morgan fingerprint density at radius 2 is 2.06 bits per heavy atom. The molecule has 0 amide bonds. The molecule has 0 bridgehead atoms. The molecular formula is C13H20O2S2. The molecule has 0 unspecified atom stereocenters. The van der Waals surface area contributed by atoms with Crippen LogP contribution in [-0.4, -0.2) is 32.7 Å². The molecule has 0 spiro atoms. The first-order chi connectivity index (χ1) is 8.26. The van der Waals surface area contributed by atoms with Gasteiger partial charge in [-0.1, -0.05) is 31.5 Å². The minimum Gasteiger partial charge on any atom is -0.395 e. The zero-order valence-electron chi connectivity index (χ0n) is 10.2. The summed E-state index contributed by atoms with van der Waals surface area (Å²) in [5.74, 6) is 1.33. The maximum atomic E-state index is 11.7. The number of unbranched alkanes of at least 4 members (excludes halogenated alkanes) is 1. The van der Waals surface area contributed by atoms with Crippen molar-refractivity contribution in [2.24, 2.45) is 0 Å². The number of thioether (sulfide) groups is 1. The third-order valence-corrected chi connectivity index (χ3v) is 5.27. The summed E-state index contributed by atoms with van der Waals surface area (Å²) >= 11 is 1.61. The summed E-state index contributed by atoms with van der Waals surface area (Å²) in [6.45, 7) is 2.18. The highest BCUT2D eigenvalue weighted by molar-refractivity contribution is 8.00. The van der Waals surface area contributed by atoms with E-state index in [9.17, 15) is 9.32 Å². The van der Waals surface area contributed by atoms with E-state index in [1.54, 1.807) is 11.8 Å². The van der Waals surface area contributed by atoms with E-state index in [2.05, 4.69) is 6.92 Å². The lowest BCUT2D eigenvalue weighted by molar-refractivity contribution is 0.301. The van der Waals surface area contributed by atoms with Crippen LogP contribution in [0.5, 0.6) is 0 Å². The molecule has 2 nitrogen and oxygen atoms in total. The van der Waals surface area contributed by atoms with Gasteiger partial charge in [-0.3, -0.25) is 4.21 Å². The van der Waals surface area contributed by atoms with Crippen LogP contribution < -0.4 is 0 Å². The molecule has 1 N–H and O–H groups in total. The van der Waals surface area contributed by atoms with Crippen molar-refractivity contribution >= 4 is 22.6 Å². The largest absolute Gasteiger partial charge is 0.395 e. The van der Waals surface area contributed by atoms with E-state index in [4.69, 9.17) is 0 Å². The summed E-state index contributed by atoms with van der Waals surface area (Å²) in [5, 5.41) is 9.34. The lowest BCUT2D eigenvalue weighted by Crippen LogP contribution is -2.19. The van der Waals surface area contributed by atoms with E-state index in [-0.39, 0.29) is 11.9 Å². The van der Waals surface area contributed by atoms with Gasteiger partial charge >= 0.3 is 0 Å². The van der Waals surface area contributed by atoms with E-state index in [1.807, 2.05) is 30.3 Å². The van der Waals surface area contributed by atoms with Gasteiger partial charge < -0.3 is 5.11 Å². The van der Waals surface area contributed by atoms with Gasteiger partial charge in [0, 0.05) is 32.5 Å². The lowest BCUT2D eigenvalue weighted by Gasteiger charge is -2.13. The van der Waals surface area contributed by atoms with Crippen LogP contribution in [0.25, 0.3) is 0 Å². The van der Waals surface area contributed by atoms with Gasteiger partial charge in [-0.25, -0.2) is 0 Å². The van der Waals surface area contributed by atoms with Crippen LogP contribution in [0, 0.1) is 0 Å². The Bertz CT molecular complexity index is 327. The van der Waals surface area contributed by atoms with Crippen molar-refractivity contribution in [2.45, 2.75) is 29.9 Å². The third kappa shape index (κ3) is 6.24. The molecule has 1 aromatic rings. The molecule has 0 aliphatic carbocycles. The highest BCUT2D eigenvalue weighted by Crippen LogP contribution is 2.23. The van der Waals surface area contributed by atoms with Crippen molar-refractivity contribution in [3.63, 3.8) is 0 Å². The molecule has 0 radical (unpaired) electrons. The molecule has 1 rings (SSSR count). The van der Waals surface area contributed by atoms with Crippen LogP contribution in [0.1, 0.15) is 19.8 Å². The average molecular weight is 272 g/mol. The molecule has 0 fully saturated rings. The normalized spacial score (nSPS) is 14.5. The van der Waals surface area contributed by atoms with Gasteiger partial charge in [0.05, 0.1) is 6.61 Å². The van der Waals surface area contributed by atoms with Crippen LogP contribution >= 0.6 is 11.8 Å². The van der Waals surface area contributed by atoms with Crippen molar-refractivity contribution in [1.29, 1.82) is 0 Å². The number of hydrogen-bond acceptors (Lipinski definition) is 3. The van der Waals surface area contributed by atoms with Crippen LogP contribution in [0.3, 0.4) is 0 Å². The van der Waals surface area contributed by atoms with Gasteiger partial charge in [-0.15, -0.1) is 11.8 Å². The smallest absolute Gasteiger partial charge is 0.0562 e. The number of benzene rings is 1. The summed E-state index contributed by atoms with van der Waals surface area (Å²) < 4.78 is 11.7. The van der Waals surface area contributed by atoms with Crippen LogP contribution in [0.15, 0.2) is 35.2 Å². The van der Waals surface area contributed by atoms with Crippen molar-refractivity contribution in [3.8, 4) is 0 Å². The minimum absolute atomic E-state index is 0.0371. The second kappa shape index (κ2) is 8.72. The van der Waals surface area contributed by atoms with Gasteiger partial charge in [0.1, 0.15) is 0 Å². The molecule has 17 heavy (non-hydrogen) atoms. The van der Waals surface area contributed by atoms with Crippen LogP contribution in [0.2, 0.25) is 0 Å². The molecule has 0 saturated carbocycles. The Morgan fingerprint density at radius 1 is 1.35 bits per heavy atom. The summed E-state index contributed by atoms with van der Waals surface area (Å²) in [4.78, 5) is 1.12. The molecule has 0 saturated heterocycles. The quantitative estimate of drug-likeness (QED) is 0.739. The van der Waals surface area contributed by atoms with Gasteiger partial charge in [-0.05, 0) is 18.6 Å². The topological polar surface area (TPSA) is 37.3 Å². The van der Waals surface area contributed by atoms with Crippen LogP contribution in [0.4, 0.5) is 0 Å². The Kier molecular flexibility index (Phi) is 7.56. The summed E-state index contributed by atoms with van der Waals surface area (Å²) in [6, 6.07) is 9.96. The first-order valence-electron chi connectivity index (χ1n) is 5.93. The molecule has 0 heterocycles. The summed E-state index contributed by atoms with van der Waals surface area (Å²) in [7, 11) is -0.804. The van der Waals surface area contributed by atoms with Crippen molar-refractivity contribution < 1.29 is 9.32 Å². The molecular weight excluding hydrogens is 252 g/mol. The SMILES string of the molecule is CCCC[S@@](=O)C[C@@H](CO)Sc1ccccc1. The molecule has 2 atom stereocenters. The van der Waals surface area contributed by atoms with Gasteiger partial charge in [0.2, 0.25) is 0 Å². The fourth-order valence-electron chi connectivity index (χ4n) is 1.41. The molecule has 96 valence electrons. The Hall–Kier alpha value is -0.320. The van der Waals surface area contributed by atoms with Gasteiger partial charge in [0.15, 0.2) is 0 Å². The lowest BCUT2D eigenvalue weighted by atomic mass is 10.4. The monoisotopic (exact) mass is 272 g/mol. The average Bonchev–Trinajstić information content (AvgIpc) is 2.36. The first-order valence-corrected chi connectivity index (χ1v) is 8.30. The van der Waals surface area contributed by atoms with Crippen molar-refractivity contribution in [1.82, 2.24) is 0 Å². The molecule has 1 aromatic carbocycles. The second-order valence-electron chi connectivity index (χ2n) is 3.90. The number of rotatable bonds is 8.